The van der Waals surface area contributed by atoms with Crippen molar-refractivity contribution in [2.45, 2.75) is 6.43 Å². The predicted octanol–water partition coefficient (Wildman–Crippen LogP) is 3.29. The van der Waals surface area contributed by atoms with Gasteiger partial charge in [0.2, 0.25) is 0 Å². The van der Waals surface area contributed by atoms with Gasteiger partial charge in [-0.15, -0.1) is 0 Å². The van der Waals surface area contributed by atoms with E-state index in [0.29, 0.717) is 17.0 Å². The van der Waals surface area contributed by atoms with Crippen LogP contribution in [0.4, 0.5) is 8.78 Å². The maximum absolute atomic E-state index is 12.2. The highest BCUT2D eigenvalue weighted by Gasteiger charge is 2.15. The molecule has 2 rings (SSSR count). The van der Waals surface area contributed by atoms with Gasteiger partial charge in [0.25, 0.3) is 5.89 Å². The molecule has 2 aromatic rings. The van der Waals surface area contributed by atoms with Gasteiger partial charge in [0.1, 0.15) is 17.7 Å². The lowest BCUT2D eigenvalue weighted by Gasteiger charge is -1.99. The minimum absolute atomic E-state index is 0.387. The molecule has 0 spiro atoms. The largest absolute Gasteiger partial charge is 0.497 e. The number of aromatic nitrogens is 1. The lowest BCUT2D eigenvalue weighted by Crippen LogP contribution is -1.85. The summed E-state index contributed by atoms with van der Waals surface area (Å²) in [6.07, 6.45) is -1.48. The van der Waals surface area contributed by atoms with E-state index in [1.165, 1.54) is 6.26 Å². The van der Waals surface area contributed by atoms with Gasteiger partial charge < -0.3 is 9.15 Å². The number of ether oxygens (including phenoxy) is 1. The first kappa shape index (κ1) is 10.6. The maximum Gasteiger partial charge on any atom is 0.313 e. The highest BCUT2D eigenvalue weighted by Crippen LogP contribution is 2.25. The molecule has 1 heterocycles. The van der Waals surface area contributed by atoms with Crippen molar-refractivity contribution in [2.24, 2.45) is 0 Å². The van der Waals surface area contributed by atoms with Crippen LogP contribution in [0.5, 0.6) is 5.75 Å². The molecular formula is C11H9F2NO2. The number of halogens is 2. The Bertz CT molecular complexity index is 465. The van der Waals surface area contributed by atoms with Gasteiger partial charge in [-0.2, -0.15) is 8.78 Å². The van der Waals surface area contributed by atoms with E-state index < -0.39 is 12.3 Å². The monoisotopic (exact) mass is 225 g/mol. The summed E-state index contributed by atoms with van der Waals surface area (Å²) in [5.74, 6) is 0.132. The topological polar surface area (TPSA) is 35.3 Å². The summed E-state index contributed by atoms with van der Waals surface area (Å²) in [6, 6.07) is 6.91. The number of nitrogens with zero attached hydrogens (tertiary/aromatic N) is 1. The summed E-state index contributed by atoms with van der Waals surface area (Å²) in [7, 11) is 1.56. The van der Waals surface area contributed by atoms with E-state index in [0.717, 1.165) is 0 Å². The van der Waals surface area contributed by atoms with Crippen molar-refractivity contribution < 1.29 is 17.9 Å². The Morgan fingerprint density at radius 3 is 2.44 bits per heavy atom. The molecule has 0 radical (unpaired) electrons. The fraction of sp³-hybridized carbons (Fsp3) is 0.182. The van der Waals surface area contributed by atoms with Gasteiger partial charge in [0.05, 0.1) is 7.11 Å². The number of alkyl halides is 2. The molecule has 0 unspecified atom stereocenters. The van der Waals surface area contributed by atoms with Gasteiger partial charge in [-0.25, -0.2) is 4.98 Å². The van der Waals surface area contributed by atoms with Crippen molar-refractivity contribution >= 4 is 0 Å². The van der Waals surface area contributed by atoms with E-state index in [-0.39, 0.29) is 0 Å². The molecule has 3 nitrogen and oxygen atoms in total. The van der Waals surface area contributed by atoms with Gasteiger partial charge in [-0.05, 0) is 24.3 Å². The van der Waals surface area contributed by atoms with Crippen molar-refractivity contribution in [2.75, 3.05) is 7.11 Å². The van der Waals surface area contributed by atoms with Crippen molar-refractivity contribution in [3.8, 4) is 17.0 Å². The summed E-state index contributed by atoms with van der Waals surface area (Å²) in [5, 5.41) is 0. The van der Waals surface area contributed by atoms with Gasteiger partial charge in [-0.3, -0.25) is 0 Å². The van der Waals surface area contributed by atoms with Gasteiger partial charge in [-0.1, -0.05) is 0 Å². The van der Waals surface area contributed by atoms with Crippen LogP contribution in [0, 0.1) is 0 Å². The van der Waals surface area contributed by atoms with E-state index in [2.05, 4.69) is 9.40 Å². The van der Waals surface area contributed by atoms with Crippen molar-refractivity contribution in [3.63, 3.8) is 0 Å². The molecule has 0 aliphatic heterocycles. The molecule has 0 saturated heterocycles. The second kappa shape index (κ2) is 4.30. The van der Waals surface area contributed by atoms with Crippen LogP contribution in [0.1, 0.15) is 12.3 Å². The van der Waals surface area contributed by atoms with E-state index >= 15 is 0 Å². The third kappa shape index (κ3) is 2.03. The van der Waals surface area contributed by atoms with Crippen molar-refractivity contribution in [3.05, 3.63) is 36.4 Å². The van der Waals surface area contributed by atoms with Crippen LogP contribution in [0.3, 0.4) is 0 Å². The Balaban J connectivity index is 2.28. The van der Waals surface area contributed by atoms with Crippen LogP contribution in [0.25, 0.3) is 11.3 Å². The average molecular weight is 225 g/mol. The molecule has 0 N–H and O–H groups in total. The summed E-state index contributed by atoms with van der Waals surface area (Å²) >= 11 is 0. The summed E-state index contributed by atoms with van der Waals surface area (Å²) in [5.41, 5.74) is 1.09. The number of oxazole rings is 1. The third-order valence-corrected chi connectivity index (χ3v) is 2.09. The lowest BCUT2D eigenvalue weighted by atomic mass is 10.2. The highest BCUT2D eigenvalue weighted by atomic mass is 19.3. The van der Waals surface area contributed by atoms with E-state index in [1.54, 1.807) is 31.4 Å². The normalized spacial score (nSPS) is 10.8. The molecule has 0 saturated carbocycles. The Kier molecular flexibility index (Phi) is 2.85. The quantitative estimate of drug-likeness (QED) is 0.803. The van der Waals surface area contributed by atoms with Crippen LogP contribution in [0.2, 0.25) is 0 Å². The molecule has 1 aromatic carbocycles. The first-order chi connectivity index (χ1) is 7.70. The molecule has 0 aliphatic carbocycles. The number of rotatable bonds is 3. The van der Waals surface area contributed by atoms with Crippen LogP contribution in [0.15, 0.2) is 34.9 Å². The number of methoxy groups -OCH3 is 1. The minimum Gasteiger partial charge on any atom is -0.497 e. The SMILES string of the molecule is COc1ccc(-c2coc(C(F)F)n2)cc1. The molecule has 0 aliphatic rings. The van der Waals surface area contributed by atoms with Crippen LogP contribution < -0.4 is 4.74 Å². The number of hydrogen-bond donors (Lipinski definition) is 0. The lowest BCUT2D eigenvalue weighted by molar-refractivity contribution is 0.115. The molecule has 16 heavy (non-hydrogen) atoms. The van der Waals surface area contributed by atoms with E-state index in [9.17, 15) is 8.78 Å². The fourth-order valence-electron chi connectivity index (χ4n) is 1.28. The smallest absolute Gasteiger partial charge is 0.313 e. The van der Waals surface area contributed by atoms with Gasteiger partial charge in [0, 0.05) is 5.56 Å². The molecule has 0 atom stereocenters. The third-order valence-electron chi connectivity index (χ3n) is 2.09. The standard InChI is InChI=1S/C11H9F2NO2/c1-15-8-4-2-7(3-5-8)9-6-16-11(14-9)10(12)13/h2-6,10H,1H3. The summed E-state index contributed by atoms with van der Waals surface area (Å²) < 4.78 is 34.1. The Morgan fingerprint density at radius 2 is 1.94 bits per heavy atom. The molecule has 5 heteroatoms. The van der Waals surface area contributed by atoms with E-state index in [4.69, 9.17) is 4.74 Å². The van der Waals surface area contributed by atoms with Crippen LogP contribution in [-0.4, -0.2) is 12.1 Å². The zero-order valence-electron chi connectivity index (χ0n) is 8.48. The molecule has 1 aromatic heterocycles. The second-order valence-corrected chi connectivity index (χ2v) is 3.10. The zero-order chi connectivity index (χ0) is 11.5. The maximum atomic E-state index is 12.2. The average Bonchev–Trinajstić information content (AvgIpc) is 2.78. The molecule has 0 fully saturated rings. The highest BCUT2D eigenvalue weighted by molar-refractivity contribution is 5.58. The van der Waals surface area contributed by atoms with E-state index in [1.807, 2.05) is 0 Å². The second-order valence-electron chi connectivity index (χ2n) is 3.10. The van der Waals surface area contributed by atoms with Crippen molar-refractivity contribution in [1.29, 1.82) is 0 Å². The van der Waals surface area contributed by atoms with Crippen LogP contribution >= 0.6 is 0 Å². The molecule has 0 amide bonds. The molecule has 0 bridgehead atoms. The Morgan fingerprint density at radius 1 is 1.25 bits per heavy atom. The molecule has 84 valence electrons. The Hall–Kier alpha value is -1.91. The first-order valence-corrected chi connectivity index (χ1v) is 4.58. The van der Waals surface area contributed by atoms with Crippen molar-refractivity contribution in [1.82, 2.24) is 4.98 Å². The van der Waals surface area contributed by atoms with Crippen LogP contribution in [-0.2, 0) is 0 Å². The zero-order valence-corrected chi connectivity index (χ0v) is 8.48. The van der Waals surface area contributed by atoms with Gasteiger partial charge in [0.15, 0.2) is 0 Å². The predicted molar refractivity (Wildman–Crippen MR) is 53.4 cm³/mol. The number of benzene rings is 1. The summed E-state index contributed by atoms with van der Waals surface area (Å²) in [4.78, 5) is 3.68. The van der Waals surface area contributed by atoms with Gasteiger partial charge >= 0.3 is 6.43 Å². The number of hydrogen-bond acceptors (Lipinski definition) is 3. The summed E-state index contributed by atoms with van der Waals surface area (Å²) in [6.45, 7) is 0. The fourth-order valence-corrected chi connectivity index (χ4v) is 1.28. The molecular weight excluding hydrogens is 216 g/mol. The minimum atomic E-state index is -2.69. The Labute approximate surface area is 90.7 Å². The first-order valence-electron chi connectivity index (χ1n) is 4.58.